The van der Waals surface area contributed by atoms with Crippen LogP contribution in [0.2, 0.25) is 0 Å². The Kier molecular flexibility index (Phi) is 25.0. The topological polar surface area (TPSA) is 23.3 Å². The molecule has 6 heteroatoms. The predicted octanol–water partition coefficient (Wildman–Crippen LogP) is 20.0. The van der Waals surface area contributed by atoms with Crippen molar-refractivity contribution in [3.05, 3.63) is 320 Å². The first kappa shape index (κ1) is 68.7. The Morgan fingerprint density at radius 2 is 0.690 bits per heavy atom. The summed E-state index contributed by atoms with van der Waals surface area (Å²) in [6, 6.07) is 67.7. The van der Waals surface area contributed by atoms with Gasteiger partial charge in [-0.2, -0.15) is 0 Å². The number of benzene rings is 6. The smallest absolute Gasteiger partial charge is 0.201 e. The van der Waals surface area contributed by atoms with Crippen molar-refractivity contribution in [2.75, 3.05) is 0 Å². The molecule has 6 aromatic heterocycles. The highest BCUT2D eigenvalue weighted by molar-refractivity contribution is 5.68. The van der Waals surface area contributed by atoms with Crippen LogP contribution < -0.4 is 27.4 Å². The largest absolute Gasteiger partial charge is 0.215 e. The molecule has 0 N–H and O–H groups in total. The molecule has 100 heavy (non-hydrogen) atoms. The SMILES string of the molecule is CCc1ccc(-c2ccccc2C)[n+](C)c1.Cc1ccccc1-c1c(C)c(C)cc[n+]1C.Cc1ccccc1-c1ccc(C(C)C)c[n+]1C.Cc1ccccc1-c1ccc(CC(C)C)c[n+]1C.[2H]C([2H])([2H])c1c[n+](C)c(-c2ccccc2C)c(C)c1C.[2H]C([2H])([2H])c1cc(C)c(-c2ccccc2C)[n+](C)c1. The van der Waals surface area contributed by atoms with Crippen LogP contribution in [-0.4, -0.2) is 0 Å². The van der Waals surface area contributed by atoms with Crippen LogP contribution in [0.1, 0.15) is 138 Å². The van der Waals surface area contributed by atoms with Gasteiger partial charge in [0.2, 0.25) is 34.2 Å². The van der Waals surface area contributed by atoms with E-state index in [-0.39, 0.29) is 0 Å². The van der Waals surface area contributed by atoms with Crippen molar-refractivity contribution in [1.82, 2.24) is 0 Å². The van der Waals surface area contributed by atoms with E-state index in [9.17, 15) is 0 Å². The van der Waals surface area contributed by atoms with E-state index >= 15 is 0 Å². The lowest BCUT2D eigenvalue weighted by Crippen LogP contribution is -2.33. The Morgan fingerprint density at radius 3 is 1.07 bits per heavy atom. The lowest BCUT2D eigenvalue weighted by atomic mass is 9.97. The fourth-order valence-electron chi connectivity index (χ4n) is 13.0. The number of hydrogen-bond donors (Lipinski definition) is 0. The molecular weight excluding hydrogens is 1210 g/mol. The van der Waals surface area contributed by atoms with Crippen molar-refractivity contribution in [3.63, 3.8) is 0 Å². The molecule has 0 aliphatic heterocycles. The van der Waals surface area contributed by atoms with Crippen LogP contribution in [0.5, 0.6) is 0 Å². The van der Waals surface area contributed by atoms with E-state index < -0.39 is 13.7 Å². The van der Waals surface area contributed by atoms with Gasteiger partial charge in [-0.1, -0.05) is 144 Å². The lowest BCUT2D eigenvalue weighted by molar-refractivity contribution is -0.661. The molecule has 516 valence electrons. The normalized spacial score (nSPS) is 11.8. The van der Waals surface area contributed by atoms with Crippen LogP contribution in [0.15, 0.2) is 231 Å². The minimum atomic E-state index is -2.07. The zero-order valence-corrected chi connectivity index (χ0v) is 64.2. The zero-order valence-electron chi connectivity index (χ0n) is 70.2. The minimum absolute atomic E-state index is 0.379. The zero-order chi connectivity index (χ0) is 78.1. The first-order chi connectivity index (χ1) is 50.0. The van der Waals surface area contributed by atoms with Crippen molar-refractivity contribution in [2.24, 2.45) is 48.2 Å². The van der Waals surface area contributed by atoms with Gasteiger partial charge < -0.3 is 0 Å². The highest BCUT2D eigenvalue weighted by Gasteiger charge is 2.21. The average molecular weight is 1340 g/mol. The predicted molar refractivity (Wildman–Crippen MR) is 422 cm³/mol. The van der Waals surface area contributed by atoms with Gasteiger partial charge in [-0.3, -0.25) is 0 Å². The van der Waals surface area contributed by atoms with Gasteiger partial charge in [0.1, 0.15) is 42.3 Å². The van der Waals surface area contributed by atoms with E-state index in [4.69, 9.17) is 8.22 Å². The number of aryl methyl sites for hydroxylation is 17. The summed E-state index contributed by atoms with van der Waals surface area (Å²) in [4.78, 5) is 0. The first-order valence-electron chi connectivity index (χ1n) is 38.3. The fourth-order valence-corrected chi connectivity index (χ4v) is 13.0. The molecule has 0 spiro atoms. The second-order valence-corrected chi connectivity index (χ2v) is 27.7. The summed E-state index contributed by atoms with van der Waals surface area (Å²) in [5, 5.41) is 0. The number of aromatic nitrogens is 6. The number of rotatable bonds is 10. The second-order valence-electron chi connectivity index (χ2n) is 27.7. The van der Waals surface area contributed by atoms with Gasteiger partial charge in [0.25, 0.3) is 0 Å². The Labute approximate surface area is 611 Å². The van der Waals surface area contributed by atoms with Crippen LogP contribution in [0.4, 0.5) is 0 Å². The highest BCUT2D eigenvalue weighted by atomic mass is 14.9. The van der Waals surface area contributed by atoms with Gasteiger partial charge in [0.05, 0.1) is 0 Å². The van der Waals surface area contributed by atoms with E-state index in [2.05, 4.69) is 325 Å². The molecule has 0 atom stereocenters. The maximum atomic E-state index is 7.64. The van der Waals surface area contributed by atoms with Gasteiger partial charge >= 0.3 is 0 Å². The fraction of sp³-hybridized carbons (Fsp3) is 0.298. The van der Waals surface area contributed by atoms with Gasteiger partial charge in [0.15, 0.2) is 37.2 Å². The molecule has 0 aliphatic carbocycles. The van der Waals surface area contributed by atoms with Gasteiger partial charge in [0, 0.05) is 110 Å². The van der Waals surface area contributed by atoms with Crippen LogP contribution in [0, 0.1) is 95.8 Å². The van der Waals surface area contributed by atoms with Crippen LogP contribution in [0.3, 0.4) is 0 Å². The van der Waals surface area contributed by atoms with Crippen molar-refractivity contribution in [1.29, 1.82) is 0 Å². The summed E-state index contributed by atoms with van der Waals surface area (Å²) >= 11 is 0. The Balaban J connectivity index is 0.000000178. The molecule has 12 aromatic rings. The monoisotopic (exact) mass is 1330 g/mol. The van der Waals surface area contributed by atoms with E-state index in [0.29, 0.717) is 23.0 Å². The molecule has 6 nitrogen and oxygen atoms in total. The molecule has 0 fully saturated rings. The maximum absolute atomic E-state index is 7.64. The summed E-state index contributed by atoms with van der Waals surface area (Å²) in [6.45, 7) is 30.0. The molecule has 0 saturated carbocycles. The third-order valence-electron chi connectivity index (χ3n) is 19.0. The summed E-state index contributed by atoms with van der Waals surface area (Å²) in [7, 11) is 12.3. The summed E-state index contributed by atoms with van der Waals surface area (Å²) < 4.78 is 58.1. The van der Waals surface area contributed by atoms with E-state index in [0.717, 1.165) is 52.0 Å². The first-order valence-corrected chi connectivity index (χ1v) is 35.3. The second kappa shape index (κ2) is 36.3. The van der Waals surface area contributed by atoms with Crippen molar-refractivity contribution >= 4 is 0 Å². The van der Waals surface area contributed by atoms with Crippen molar-refractivity contribution < 1.29 is 35.6 Å². The molecule has 6 aromatic carbocycles. The number of nitrogens with zero attached hydrogens (tertiary/aromatic N) is 6. The lowest BCUT2D eigenvalue weighted by Gasteiger charge is -2.10. The molecule has 12 rings (SSSR count). The third kappa shape index (κ3) is 20.2. The molecular formula is C94H116N6+6. The molecule has 6 heterocycles. The number of hydrogen-bond acceptors (Lipinski definition) is 0. The molecule has 0 amide bonds. The van der Waals surface area contributed by atoms with Gasteiger partial charge in [-0.05, 0) is 220 Å². The molecule has 0 bridgehead atoms. The van der Waals surface area contributed by atoms with Crippen LogP contribution in [-0.2, 0) is 55.1 Å². The van der Waals surface area contributed by atoms with Gasteiger partial charge in [-0.25, -0.2) is 27.4 Å². The minimum Gasteiger partial charge on any atom is -0.201 e. The van der Waals surface area contributed by atoms with E-state index in [1.165, 1.54) is 106 Å². The Bertz CT molecular complexity index is 4960. The summed E-state index contributed by atoms with van der Waals surface area (Å²) in [5.41, 5.74) is 33.0. The van der Waals surface area contributed by atoms with Crippen molar-refractivity contribution in [3.8, 4) is 67.5 Å². The highest BCUT2D eigenvalue weighted by Crippen LogP contribution is 2.29. The molecule has 0 radical (unpaired) electrons. The quantitative estimate of drug-likeness (QED) is 0.122. The third-order valence-corrected chi connectivity index (χ3v) is 19.0. The summed E-state index contributed by atoms with van der Waals surface area (Å²) in [6.07, 6.45) is 14.5. The van der Waals surface area contributed by atoms with Crippen LogP contribution >= 0.6 is 0 Å². The standard InChI is InChI=1S/C17H22N.2C16H20N.3C15H18N/c1-13(2)11-15-9-10-17(18(4)12-15)16-8-6-5-7-14(16)3;1-11-8-6-7-9-15(11)16-14(4)13(3)12(2)10-17(16)5;1-12(2)14-9-10-16(17(4)11-14)15-8-6-5-7-13(15)3;1-11-9-13(3)15(16(4)10-11)14-8-6-5-7-12(14)2;1-11-9-10-16(4)15(13(11)3)14-8-6-5-7-12(14)2;1-4-13-9-10-15(16(3)11-13)14-8-6-5-7-12(14)2/h5-10,12-13H,11H2,1-4H3;6-10H,1-5H3;5-12H,1-4H3;2*5-10H,1-4H3;5-11H,4H2,1-3H3/q6*+1/i;2D3;;1D3;;. The van der Waals surface area contributed by atoms with Crippen LogP contribution in [0.25, 0.3) is 67.5 Å². The molecule has 0 aliphatic rings. The Morgan fingerprint density at radius 1 is 0.310 bits per heavy atom. The molecule has 0 unspecified atom stereocenters. The van der Waals surface area contributed by atoms with Crippen molar-refractivity contribution in [2.45, 2.75) is 143 Å². The Hall–Kier alpha value is -9.78. The summed E-state index contributed by atoms with van der Waals surface area (Å²) in [5.74, 6) is 1.28. The van der Waals surface area contributed by atoms with Gasteiger partial charge in [-0.15, -0.1) is 0 Å². The van der Waals surface area contributed by atoms with E-state index in [1.807, 2.05) is 68.3 Å². The average Bonchev–Trinajstić information content (AvgIpc) is 0.744. The number of pyridine rings is 6. The maximum Gasteiger partial charge on any atom is 0.215 e. The molecule has 0 saturated heterocycles. The van der Waals surface area contributed by atoms with E-state index in [1.54, 1.807) is 18.5 Å².